The number of methoxy groups -OCH3 is 1. The number of alkyl halides is 3. The van der Waals surface area contributed by atoms with Crippen LogP contribution in [0.15, 0.2) is 54.6 Å². The molecule has 9 heteroatoms. The molecule has 1 aromatic heterocycles. The number of para-hydroxylation sites is 1. The first-order valence-electron chi connectivity index (χ1n) is 10.7. The Morgan fingerprint density at radius 2 is 1.67 bits per heavy atom. The molecule has 6 nitrogen and oxygen atoms in total. The van der Waals surface area contributed by atoms with E-state index in [4.69, 9.17) is 9.47 Å². The lowest BCUT2D eigenvalue weighted by Gasteiger charge is -2.37. The second kappa shape index (κ2) is 9.84. The molecule has 0 saturated carbocycles. The molecule has 1 aliphatic heterocycles. The Morgan fingerprint density at radius 3 is 2.33 bits per heavy atom. The van der Waals surface area contributed by atoms with Crippen molar-refractivity contribution in [2.24, 2.45) is 0 Å². The van der Waals surface area contributed by atoms with Gasteiger partial charge in [-0.2, -0.15) is 13.2 Å². The van der Waals surface area contributed by atoms with Gasteiger partial charge in [0.15, 0.2) is 0 Å². The molecule has 0 amide bonds. The van der Waals surface area contributed by atoms with E-state index in [-0.39, 0.29) is 6.61 Å². The third-order valence-corrected chi connectivity index (χ3v) is 5.67. The molecule has 1 N–H and O–H groups in total. The van der Waals surface area contributed by atoms with Crippen molar-refractivity contribution in [3.63, 3.8) is 0 Å². The van der Waals surface area contributed by atoms with E-state index >= 15 is 0 Å². The molecular weight excluding hydrogens is 435 g/mol. The summed E-state index contributed by atoms with van der Waals surface area (Å²) < 4.78 is 50.8. The van der Waals surface area contributed by atoms with Crippen LogP contribution in [-0.4, -0.2) is 67.5 Å². The molecule has 0 bridgehead atoms. The highest BCUT2D eigenvalue weighted by atomic mass is 19.4. The van der Waals surface area contributed by atoms with Gasteiger partial charge in [0.2, 0.25) is 0 Å². The van der Waals surface area contributed by atoms with Crippen LogP contribution in [0, 0.1) is 0 Å². The summed E-state index contributed by atoms with van der Waals surface area (Å²) >= 11 is 0. The molecule has 33 heavy (non-hydrogen) atoms. The zero-order valence-corrected chi connectivity index (χ0v) is 18.3. The number of aliphatic hydroxyl groups is 1. The Balaban J connectivity index is 1.35. The van der Waals surface area contributed by atoms with Gasteiger partial charge < -0.3 is 19.5 Å². The van der Waals surface area contributed by atoms with Gasteiger partial charge in [0.05, 0.1) is 12.6 Å². The van der Waals surface area contributed by atoms with Gasteiger partial charge in [-0.15, -0.1) is 0 Å². The highest BCUT2D eigenvalue weighted by molar-refractivity contribution is 5.92. The maximum Gasteiger partial charge on any atom is 0.433 e. The van der Waals surface area contributed by atoms with Crippen LogP contribution in [0.3, 0.4) is 0 Å². The zero-order valence-electron chi connectivity index (χ0n) is 18.3. The number of pyridine rings is 1. The Kier molecular flexibility index (Phi) is 6.90. The van der Waals surface area contributed by atoms with Gasteiger partial charge in [-0.1, -0.05) is 18.2 Å². The first-order chi connectivity index (χ1) is 15.8. The molecule has 2 heterocycles. The summed E-state index contributed by atoms with van der Waals surface area (Å²) in [5.41, 5.74) is -0.0171. The van der Waals surface area contributed by atoms with E-state index in [1.165, 1.54) is 0 Å². The molecule has 1 fully saturated rings. The second-order valence-corrected chi connectivity index (χ2v) is 7.97. The molecule has 0 aliphatic carbocycles. The minimum Gasteiger partial charge on any atom is -0.497 e. The van der Waals surface area contributed by atoms with Crippen LogP contribution < -0.4 is 14.4 Å². The van der Waals surface area contributed by atoms with Crippen molar-refractivity contribution in [3.8, 4) is 11.5 Å². The predicted octanol–water partition coefficient (Wildman–Crippen LogP) is 3.82. The van der Waals surface area contributed by atoms with Gasteiger partial charge in [-0.05, 0) is 36.4 Å². The number of nitrogens with zero attached hydrogens (tertiary/aromatic N) is 3. The molecule has 1 unspecified atom stereocenters. The van der Waals surface area contributed by atoms with E-state index in [1.54, 1.807) is 55.6 Å². The van der Waals surface area contributed by atoms with E-state index < -0.39 is 18.0 Å². The van der Waals surface area contributed by atoms with Crippen LogP contribution in [0.4, 0.5) is 18.9 Å². The van der Waals surface area contributed by atoms with Crippen LogP contribution in [0.25, 0.3) is 10.9 Å². The number of piperazine rings is 1. The number of halogens is 3. The Bertz CT molecular complexity index is 1070. The van der Waals surface area contributed by atoms with Crippen molar-refractivity contribution in [1.82, 2.24) is 9.88 Å². The maximum atomic E-state index is 13.4. The molecule has 1 aliphatic rings. The lowest BCUT2D eigenvalue weighted by molar-refractivity contribution is -0.140. The summed E-state index contributed by atoms with van der Waals surface area (Å²) in [6, 6.07) is 15.1. The van der Waals surface area contributed by atoms with Crippen molar-refractivity contribution < 1.29 is 27.8 Å². The third kappa shape index (κ3) is 5.66. The Labute approximate surface area is 190 Å². The van der Waals surface area contributed by atoms with Crippen molar-refractivity contribution in [1.29, 1.82) is 0 Å². The van der Waals surface area contributed by atoms with Crippen LogP contribution >= 0.6 is 0 Å². The molecular formula is C24H26F3N3O3. The minimum absolute atomic E-state index is 0.149. The first kappa shape index (κ1) is 23.1. The standard InChI is InChI=1S/C24H26F3N3O3/c1-32-18-6-8-19(9-7-18)33-16-17(31)15-29-10-12-30(13-11-29)22-14-23(24(25,26)27)28-21-5-3-2-4-20(21)22/h2-9,14,17,31H,10-13,15-16H2,1H3. The average molecular weight is 461 g/mol. The number of benzene rings is 2. The van der Waals surface area contributed by atoms with Gasteiger partial charge in [0.25, 0.3) is 0 Å². The Hall–Kier alpha value is -3.04. The summed E-state index contributed by atoms with van der Waals surface area (Å²) in [5.74, 6) is 1.37. The SMILES string of the molecule is COc1ccc(OCC(O)CN2CCN(c3cc(C(F)(F)F)nc4ccccc34)CC2)cc1. The monoisotopic (exact) mass is 461 g/mol. The number of anilines is 1. The van der Waals surface area contributed by atoms with E-state index in [0.717, 1.165) is 11.8 Å². The summed E-state index contributed by atoms with van der Waals surface area (Å²) in [6.07, 6.45) is -5.19. The number of fused-ring (bicyclic) bond motifs is 1. The summed E-state index contributed by atoms with van der Waals surface area (Å²) in [4.78, 5) is 7.84. The summed E-state index contributed by atoms with van der Waals surface area (Å²) in [7, 11) is 1.59. The van der Waals surface area contributed by atoms with Gasteiger partial charge in [-0.3, -0.25) is 4.90 Å². The zero-order chi connectivity index (χ0) is 23.4. The van der Waals surface area contributed by atoms with E-state index in [0.29, 0.717) is 55.1 Å². The fourth-order valence-corrected chi connectivity index (χ4v) is 3.95. The second-order valence-electron chi connectivity index (χ2n) is 7.97. The lowest BCUT2D eigenvalue weighted by Crippen LogP contribution is -2.49. The smallest absolute Gasteiger partial charge is 0.433 e. The molecule has 176 valence electrons. The maximum absolute atomic E-state index is 13.4. The molecule has 3 aromatic rings. The average Bonchev–Trinajstić information content (AvgIpc) is 2.82. The van der Waals surface area contributed by atoms with Crippen LogP contribution in [0.1, 0.15) is 5.69 Å². The number of aliphatic hydroxyl groups excluding tert-OH is 1. The molecule has 2 aromatic carbocycles. The van der Waals surface area contributed by atoms with E-state index in [1.807, 2.05) is 4.90 Å². The Morgan fingerprint density at radius 1 is 1.00 bits per heavy atom. The van der Waals surface area contributed by atoms with Crippen LogP contribution in [0.2, 0.25) is 0 Å². The minimum atomic E-state index is -4.51. The number of rotatable bonds is 7. The van der Waals surface area contributed by atoms with Crippen molar-refractivity contribution in [2.75, 3.05) is 51.3 Å². The molecule has 1 atom stereocenters. The summed E-state index contributed by atoms with van der Waals surface area (Å²) in [5, 5.41) is 11.1. The fraction of sp³-hybridized carbons (Fsp3) is 0.375. The van der Waals surface area contributed by atoms with Gasteiger partial charge >= 0.3 is 6.18 Å². The number of β-amino-alcohol motifs (C(OH)–C–C–N with tert-alkyl or cyclic N) is 1. The van der Waals surface area contributed by atoms with E-state index in [9.17, 15) is 18.3 Å². The topological polar surface area (TPSA) is 58.1 Å². The number of aromatic nitrogens is 1. The summed E-state index contributed by atoms with van der Waals surface area (Å²) in [6.45, 7) is 2.93. The van der Waals surface area contributed by atoms with Gasteiger partial charge in [-0.25, -0.2) is 4.98 Å². The van der Waals surface area contributed by atoms with Crippen LogP contribution in [0.5, 0.6) is 11.5 Å². The highest BCUT2D eigenvalue weighted by Crippen LogP contribution is 2.35. The molecule has 1 saturated heterocycles. The van der Waals surface area contributed by atoms with Crippen molar-refractivity contribution in [3.05, 3.63) is 60.3 Å². The first-order valence-corrected chi connectivity index (χ1v) is 10.7. The van der Waals surface area contributed by atoms with Crippen molar-refractivity contribution in [2.45, 2.75) is 12.3 Å². The number of ether oxygens (including phenoxy) is 2. The fourth-order valence-electron chi connectivity index (χ4n) is 3.95. The normalized spacial score (nSPS) is 16.1. The van der Waals surface area contributed by atoms with Gasteiger partial charge in [0, 0.05) is 43.8 Å². The van der Waals surface area contributed by atoms with Gasteiger partial charge in [0.1, 0.15) is 29.9 Å². The molecule has 4 rings (SSSR count). The predicted molar refractivity (Wildman–Crippen MR) is 120 cm³/mol. The van der Waals surface area contributed by atoms with Crippen LogP contribution in [-0.2, 0) is 6.18 Å². The van der Waals surface area contributed by atoms with E-state index in [2.05, 4.69) is 9.88 Å². The number of hydrogen-bond acceptors (Lipinski definition) is 6. The highest BCUT2D eigenvalue weighted by Gasteiger charge is 2.34. The molecule has 0 radical (unpaired) electrons. The largest absolute Gasteiger partial charge is 0.497 e. The molecule has 0 spiro atoms. The third-order valence-electron chi connectivity index (χ3n) is 5.67. The van der Waals surface area contributed by atoms with Crippen molar-refractivity contribution >= 4 is 16.6 Å². The quantitative estimate of drug-likeness (QED) is 0.577. The number of hydrogen-bond donors (Lipinski definition) is 1. The lowest BCUT2D eigenvalue weighted by atomic mass is 10.1.